The first-order chi connectivity index (χ1) is 11.7. The van der Waals surface area contributed by atoms with Crippen molar-refractivity contribution >= 4 is 17.8 Å². The van der Waals surface area contributed by atoms with Gasteiger partial charge in [0.25, 0.3) is 0 Å². The van der Waals surface area contributed by atoms with E-state index >= 15 is 0 Å². The van der Waals surface area contributed by atoms with E-state index in [1.807, 2.05) is 0 Å². The maximum Gasteiger partial charge on any atom is 0.410 e. The van der Waals surface area contributed by atoms with Crippen molar-refractivity contribution in [3.8, 4) is 0 Å². The molecule has 8 nitrogen and oxygen atoms in total. The largest absolute Gasteiger partial charge is 0.480 e. The van der Waals surface area contributed by atoms with E-state index in [-0.39, 0.29) is 25.4 Å². The highest BCUT2D eigenvalue weighted by atomic mass is 16.6. The lowest BCUT2D eigenvalue weighted by Crippen LogP contribution is -2.59. The number of carboxylic acid groups (broad SMARTS) is 1. The first kappa shape index (κ1) is 18.9. The Labute approximate surface area is 146 Å². The van der Waals surface area contributed by atoms with Gasteiger partial charge in [-0.05, 0) is 32.9 Å². The lowest BCUT2D eigenvalue weighted by molar-refractivity contribution is -0.145. The number of hydrogen-bond acceptors (Lipinski definition) is 6. The van der Waals surface area contributed by atoms with Crippen LogP contribution in [0.5, 0.6) is 0 Å². The number of hydrogen-bond donors (Lipinski definition) is 1. The zero-order valence-corrected chi connectivity index (χ0v) is 14.6. The van der Waals surface area contributed by atoms with Crippen molar-refractivity contribution in [2.24, 2.45) is 0 Å². The summed E-state index contributed by atoms with van der Waals surface area (Å²) in [5.41, 5.74) is -0.358. The Morgan fingerprint density at radius 3 is 2.56 bits per heavy atom. The predicted molar refractivity (Wildman–Crippen MR) is 89.4 cm³/mol. The molecule has 1 N–H and O–H groups in total. The highest BCUT2D eigenvalue weighted by Gasteiger charge is 2.36. The van der Waals surface area contributed by atoms with Gasteiger partial charge in [-0.3, -0.25) is 19.5 Å². The number of rotatable bonds is 4. The lowest BCUT2D eigenvalue weighted by atomic mass is 10.1. The number of carbonyl (C=O) groups excluding carboxylic acids is 2. The molecule has 2 rings (SSSR count). The molecular formula is C17H23N3O5. The molecule has 1 aromatic heterocycles. The summed E-state index contributed by atoms with van der Waals surface area (Å²) in [7, 11) is 0. The number of carboxylic acids is 1. The molecule has 0 spiro atoms. The second-order valence-corrected chi connectivity index (χ2v) is 6.89. The Kier molecular flexibility index (Phi) is 5.73. The van der Waals surface area contributed by atoms with Crippen molar-refractivity contribution in [3.05, 3.63) is 30.1 Å². The molecule has 0 aromatic carbocycles. The number of nitrogens with zero attached hydrogens (tertiary/aromatic N) is 3. The van der Waals surface area contributed by atoms with E-state index in [1.165, 1.54) is 11.1 Å². The van der Waals surface area contributed by atoms with Crippen LogP contribution in [0, 0.1) is 0 Å². The van der Waals surface area contributed by atoms with Gasteiger partial charge in [-0.2, -0.15) is 0 Å². The number of aliphatic carboxylic acids is 1. The van der Waals surface area contributed by atoms with Crippen LogP contribution in [0.15, 0.2) is 24.4 Å². The van der Waals surface area contributed by atoms with Gasteiger partial charge in [0.05, 0.1) is 13.1 Å². The van der Waals surface area contributed by atoms with Crippen LogP contribution in [0.25, 0.3) is 0 Å². The second kappa shape index (κ2) is 7.60. The molecule has 0 radical (unpaired) electrons. The third-order valence-electron chi connectivity index (χ3n) is 3.73. The Hall–Kier alpha value is -2.48. The number of ketones is 1. The van der Waals surface area contributed by atoms with E-state index in [4.69, 9.17) is 4.74 Å². The molecule has 1 aromatic rings. The minimum Gasteiger partial charge on any atom is -0.480 e. The monoisotopic (exact) mass is 349 g/mol. The van der Waals surface area contributed by atoms with Gasteiger partial charge in [0.15, 0.2) is 5.78 Å². The average molecular weight is 349 g/mol. The van der Waals surface area contributed by atoms with Crippen LogP contribution < -0.4 is 0 Å². The van der Waals surface area contributed by atoms with Gasteiger partial charge in [0.1, 0.15) is 17.3 Å². The molecule has 1 atom stereocenters. The average Bonchev–Trinajstić information content (AvgIpc) is 2.54. The summed E-state index contributed by atoms with van der Waals surface area (Å²) in [5.74, 6) is -1.33. The standard InChI is InChI=1S/C17H23N3O5/c1-17(2,3)25-16(24)20-9-8-19(13(10-20)15(22)23)11-14(21)12-6-4-5-7-18-12/h4-7,13H,8-11H2,1-3H3,(H,22,23). The van der Waals surface area contributed by atoms with Crippen LogP contribution in [0.3, 0.4) is 0 Å². The molecule has 2 heterocycles. The Morgan fingerprint density at radius 1 is 1.28 bits per heavy atom. The van der Waals surface area contributed by atoms with Crippen molar-refractivity contribution in [2.45, 2.75) is 32.4 Å². The summed E-state index contributed by atoms with van der Waals surface area (Å²) in [6, 6.07) is 4.04. The molecule has 0 aliphatic carbocycles. The summed E-state index contributed by atoms with van der Waals surface area (Å²) in [6.45, 7) is 5.74. The number of Topliss-reactive ketones (excluding diaryl/α,β-unsaturated/α-hetero) is 1. The smallest absolute Gasteiger partial charge is 0.410 e. The summed E-state index contributed by atoms with van der Waals surface area (Å²) >= 11 is 0. The molecule has 8 heteroatoms. The molecule has 1 fully saturated rings. The Morgan fingerprint density at radius 2 is 2.00 bits per heavy atom. The Bertz CT molecular complexity index is 641. The van der Waals surface area contributed by atoms with Crippen LogP contribution in [0.1, 0.15) is 31.3 Å². The van der Waals surface area contributed by atoms with Crippen LogP contribution in [-0.2, 0) is 9.53 Å². The van der Waals surface area contributed by atoms with E-state index in [1.54, 1.807) is 43.9 Å². The van der Waals surface area contributed by atoms with Gasteiger partial charge < -0.3 is 14.7 Å². The molecule has 0 bridgehead atoms. The van der Waals surface area contributed by atoms with E-state index in [9.17, 15) is 19.5 Å². The minimum absolute atomic E-state index is 0.0280. The van der Waals surface area contributed by atoms with Gasteiger partial charge >= 0.3 is 12.1 Å². The molecule has 1 saturated heterocycles. The van der Waals surface area contributed by atoms with Gasteiger partial charge in [0.2, 0.25) is 0 Å². The van der Waals surface area contributed by atoms with E-state index < -0.39 is 23.7 Å². The van der Waals surface area contributed by atoms with Gasteiger partial charge in [0, 0.05) is 19.3 Å². The molecule has 1 unspecified atom stereocenters. The first-order valence-corrected chi connectivity index (χ1v) is 8.06. The zero-order valence-electron chi connectivity index (χ0n) is 14.6. The van der Waals surface area contributed by atoms with E-state index in [0.717, 1.165) is 0 Å². The quantitative estimate of drug-likeness (QED) is 0.817. The van der Waals surface area contributed by atoms with Gasteiger partial charge in [-0.25, -0.2) is 4.79 Å². The van der Waals surface area contributed by atoms with Crippen molar-refractivity contribution in [1.29, 1.82) is 0 Å². The topological polar surface area (TPSA) is 100 Å². The van der Waals surface area contributed by atoms with Crippen LogP contribution in [0.4, 0.5) is 4.79 Å². The normalized spacial score (nSPS) is 18.7. The molecule has 1 amide bonds. The number of piperazine rings is 1. The van der Waals surface area contributed by atoms with Crippen molar-refractivity contribution < 1.29 is 24.2 Å². The fourth-order valence-electron chi connectivity index (χ4n) is 2.53. The highest BCUT2D eigenvalue weighted by Crippen LogP contribution is 2.16. The molecule has 25 heavy (non-hydrogen) atoms. The highest BCUT2D eigenvalue weighted by molar-refractivity contribution is 5.96. The zero-order chi connectivity index (χ0) is 18.6. The van der Waals surface area contributed by atoms with Crippen LogP contribution in [-0.4, -0.2) is 75.6 Å². The maximum atomic E-state index is 12.3. The fourth-order valence-corrected chi connectivity index (χ4v) is 2.53. The first-order valence-electron chi connectivity index (χ1n) is 8.06. The minimum atomic E-state index is -1.08. The number of amides is 1. The molecule has 0 saturated carbocycles. The third kappa shape index (κ3) is 5.25. The van der Waals surface area contributed by atoms with Crippen molar-refractivity contribution in [2.75, 3.05) is 26.2 Å². The predicted octanol–water partition coefficient (Wildman–Crippen LogP) is 1.27. The SMILES string of the molecule is CC(C)(C)OC(=O)N1CCN(CC(=O)c2ccccn2)C(C(=O)O)C1. The van der Waals surface area contributed by atoms with E-state index in [2.05, 4.69) is 4.98 Å². The molecule has 1 aliphatic rings. The number of pyridine rings is 1. The van der Waals surface area contributed by atoms with Gasteiger partial charge in [-0.1, -0.05) is 6.07 Å². The molecule has 1 aliphatic heterocycles. The molecular weight excluding hydrogens is 326 g/mol. The fraction of sp³-hybridized carbons (Fsp3) is 0.529. The van der Waals surface area contributed by atoms with Crippen molar-refractivity contribution in [3.63, 3.8) is 0 Å². The number of ether oxygens (including phenoxy) is 1. The van der Waals surface area contributed by atoms with Crippen molar-refractivity contribution in [1.82, 2.24) is 14.8 Å². The number of aromatic nitrogens is 1. The summed E-state index contributed by atoms with van der Waals surface area (Å²) in [4.78, 5) is 42.9. The second-order valence-electron chi connectivity index (χ2n) is 6.89. The maximum absolute atomic E-state index is 12.3. The van der Waals surface area contributed by atoms with Gasteiger partial charge in [-0.15, -0.1) is 0 Å². The number of carbonyl (C=O) groups is 3. The summed E-state index contributed by atoms with van der Waals surface area (Å²) < 4.78 is 5.29. The van der Waals surface area contributed by atoms with Crippen LogP contribution >= 0.6 is 0 Å². The summed E-state index contributed by atoms with van der Waals surface area (Å²) in [6.07, 6.45) is 0.969. The Balaban J connectivity index is 2.03. The summed E-state index contributed by atoms with van der Waals surface area (Å²) in [5, 5.41) is 9.48. The lowest BCUT2D eigenvalue weighted by Gasteiger charge is -2.39. The third-order valence-corrected chi connectivity index (χ3v) is 3.73. The van der Waals surface area contributed by atoms with Crippen LogP contribution in [0.2, 0.25) is 0 Å². The molecule has 136 valence electrons. The van der Waals surface area contributed by atoms with E-state index in [0.29, 0.717) is 12.2 Å².